The maximum Gasteiger partial charge on any atom is 0.328 e. The quantitative estimate of drug-likeness (QED) is 0.226. The highest BCUT2D eigenvalue weighted by molar-refractivity contribution is 7.13. The highest BCUT2D eigenvalue weighted by Gasteiger charge is 2.27. The summed E-state index contributed by atoms with van der Waals surface area (Å²) in [5.41, 5.74) is 10.1. The number of aliphatic carboxylic acids is 1. The van der Waals surface area contributed by atoms with E-state index >= 15 is 0 Å². The molecule has 0 amide bonds. The van der Waals surface area contributed by atoms with Gasteiger partial charge in [-0.25, -0.2) is 4.79 Å². The summed E-state index contributed by atoms with van der Waals surface area (Å²) >= 11 is 1.64. The third kappa shape index (κ3) is 4.78. The van der Waals surface area contributed by atoms with Gasteiger partial charge in [-0.05, 0) is 63.8 Å². The number of thiazole rings is 1. The van der Waals surface area contributed by atoms with E-state index in [2.05, 4.69) is 71.7 Å². The molecule has 34 heavy (non-hydrogen) atoms. The van der Waals surface area contributed by atoms with Crippen molar-refractivity contribution < 1.29 is 9.90 Å². The molecule has 0 spiro atoms. The molecule has 1 saturated carbocycles. The predicted molar refractivity (Wildman–Crippen MR) is 140 cm³/mol. The Balaban J connectivity index is 1.65. The third-order valence-corrected chi connectivity index (χ3v) is 7.20. The van der Waals surface area contributed by atoms with Crippen molar-refractivity contribution in [3.63, 3.8) is 0 Å². The molecule has 0 atom stereocenters. The fourth-order valence-electron chi connectivity index (χ4n) is 4.46. The first-order chi connectivity index (χ1) is 16.7. The van der Waals surface area contributed by atoms with E-state index in [1.165, 1.54) is 53.2 Å². The van der Waals surface area contributed by atoms with E-state index in [1.807, 2.05) is 23.8 Å². The van der Waals surface area contributed by atoms with Gasteiger partial charge in [-0.3, -0.25) is 4.98 Å². The zero-order chi connectivity index (χ0) is 23.3. The fraction of sp³-hybridized carbons (Fsp3) is 0.133. The van der Waals surface area contributed by atoms with Crippen molar-refractivity contribution in [1.82, 2.24) is 4.98 Å². The first-order valence-corrected chi connectivity index (χ1v) is 12.4. The van der Waals surface area contributed by atoms with E-state index in [-0.39, 0.29) is 0 Å². The molecule has 0 saturated heterocycles. The normalized spacial score (nSPS) is 14.6. The molecule has 1 aliphatic rings. The van der Waals surface area contributed by atoms with Crippen molar-refractivity contribution in [1.29, 1.82) is 0 Å². The molecule has 0 aliphatic heterocycles. The van der Waals surface area contributed by atoms with Gasteiger partial charge in [-0.2, -0.15) is 0 Å². The van der Waals surface area contributed by atoms with Crippen LogP contribution in [0.2, 0.25) is 0 Å². The van der Waals surface area contributed by atoms with E-state index in [9.17, 15) is 4.79 Å². The first kappa shape index (κ1) is 22.1. The minimum atomic E-state index is -0.943. The minimum absolute atomic E-state index is 0.533. The van der Waals surface area contributed by atoms with Crippen LogP contribution in [0.25, 0.3) is 27.7 Å². The molecule has 1 aromatic heterocycles. The molecule has 5 rings (SSSR count). The van der Waals surface area contributed by atoms with Gasteiger partial charge in [0.1, 0.15) is 0 Å². The lowest BCUT2D eigenvalue weighted by atomic mass is 9.73. The van der Waals surface area contributed by atoms with Crippen LogP contribution >= 0.6 is 11.3 Å². The summed E-state index contributed by atoms with van der Waals surface area (Å²) in [5, 5.41) is 8.95. The molecule has 0 radical (unpaired) electrons. The van der Waals surface area contributed by atoms with E-state index in [0.717, 1.165) is 16.0 Å². The van der Waals surface area contributed by atoms with Crippen LogP contribution in [0.5, 0.6) is 0 Å². The number of hydrogen-bond acceptors (Lipinski definition) is 3. The van der Waals surface area contributed by atoms with E-state index < -0.39 is 5.97 Å². The number of allylic oxidation sites excluding steroid dienone is 1. The Kier molecular flexibility index (Phi) is 6.50. The second kappa shape index (κ2) is 10.0. The Bertz CT molecular complexity index is 1320. The summed E-state index contributed by atoms with van der Waals surface area (Å²) in [5.74, 6) is -0.410. The van der Waals surface area contributed by atoms with Gasteiger partial charge < -0.3 is 5.11 Å². The Morgan fingerprint density at radius 3 is 2.12 bits per heavy atom. The largest absolute Gasteiger partial charge is 0.478 e. The van der Waals surface area contributed by atoms with Gasteiger partial charge in [0, 0.05) is 12.3 Å². The maximum atomic E-state index is 10.9. The molecule has 1 heterocycles. The molecule has 4 aromatic rings. The second-order valence-electron chi connectivity index (χ2n) is 8.52. The lowest BCUT2D eigenvalue weighted by molar-refractivity contribution is -0.131. The number of carbonyl (C=O) groups is 1. The fourth-order valence-corrected chi connectivity index (χ4v) is 5.09. The highest BCUT2D eigenvalue weighted by Crippen LogP contribution is 2.45. The van der Waals surface area contributed by atoms with E-state index in [0.29, 0.717) is 5.92 Å². The van der Waals surface area contributed by atoms with Crippen molar-refractivity contribution in [2.24, 2.45) is 5.92 Å². The maximum absolute atomic E-state index is 10.9. The van der Waals surface area contributed by atoms with Crippen molar-refractivity contribution in [3.8, 4) is 10.4 Å². The number of rotatable bonds is 7. The lowest BCUT2D eigenvalue weighted by Crippen LogP contribution is -2.15. The number of carboxylic acids is 1. The monoisotopic (exact) mass is 463 g/mol. The molecule has 0 unspecified atom stereocenters. The average molecular weight is 464 g/mol. The molecule has 4 heteroatoms. The molecule has 168 valence electrons. The van der Waals surface area contributed by atoms with Crippen LogP contribution in [-0.4, -0.2) is 16.1 Å². The van der Waals surface area contributed by atoms with E-state index in [1.54, 1.807) is 17.4 Å². The smallest absolute Gasteiger partial charge is 0.328 e. The average Bonchev–Trinajstić information content (AvgIpc) is 3.38. The highest BCUT2D eigenvalue weighted by atomic mass is 32.1. The number of carboxylic acid groups (broad SMARTS) is 1. The van der Waals surface area contributed by atoms with E-state index in [4.69, 9.17) is 5.11 Å². The van der Waals surface area contributed by atoms with Crippen molar-refractivity contribution >= 4 is 34.5 Å². The summed E-state index contributed by atoms with van der Waals surface area (Å²) in [7, 11) is 0. The molecule has 3 nitrogen and oxygen atoms in total. The van der Waals surface area contributed by atoms with Gasteiger partial charge in [-0.1, -0.05) is 85.3 Å². The topological polar surface area (TPSA) is 50.2 Å². The van der Waals surface area contributed by atoms with Crippen LogP contribution in [0.1, 0.15) is 41.5 Å². The lowest BCUT2D eigenvalue weighted by Gasteiger charge is -2.31. The van der Waals surface area contributed by atoms with Crippen molar-refractivity contribution in [2.75, 3.05) is 0 Å². The van der Waals surface area contributed by atoms with Gasteiger partial charge in [-0.15, -0.1) is 11.3 Å². The predicted octanol–water partition coefficient (Wildman–Crippen LogP) is 7.67. The second-order valence-corrected chi connectivity index (χ2v) is 9.41. The van der Waals surface area contributed by atoms with Crippen molar-refractivity contribution in [2.45, 2.75) is 19.3 Å². The summed E-state index contributed by atoms with van der Waals surface area (Å²) in [4.78, 5) is 16.3. The number of aromatic nitrogens is 1. The molecule has 1 aliphatic carbocycles. The molecular weight excluding hydrogens is 438 g/mol. The number of nitrogens with zero attached hydrogens (tertiary/aromatic N) is 1. The van der Waals surface area contributed by atoms with Crippen LogP contribution in [-0.2, 0) is 4.79 Å². The molecule has 1 fully saturated rings. The molecule has 3 aromatic carbocycles. The van der Waals surface area contributed by atoms with Gasteiger partial charge in [0.05, 0.1) is 10.4 Å². The van der Waals surface area contributed by atoms with Crippen molar-refractivity contribution in [3.05, 3.63) is 119 Å². The van der Waals surface area contributed by atoms with Crippen LogP contribution in [0.3, 0.4) is 0 Å². The summed E-state index contributed by atoms with van der Waals surface area (Å²) in [6, 6.07) is 27.7. The standard InChI is InChI=1S/C30H25NO2S/c32-28(33)18-11-21-9-12-25(13-10-21)30(26-16-14-22(15-17-26)27-19-31-20-34-27)29(24-7-4-8-24)23-5-2-1-3-6-23/h1-3,5-6,9-20,24H,4,7-8H2,(H,32,33). The zero-order valence-corrected chi connectivity index (χ0v) is 19.5. The summed E-state index contributed by atoms with van der Waals surface area (Å²) in [6.07, 6.45) is 8.37. The van der Waals surface area contributed by atoms with Gasteiger partial charge in [0.25, 0.3) is 0 Å². The Morgan fingerprint density at radius 2 is 1.56 bits per heavy atom. The molecular formula is C30H25NO2S. The molecule has 0 bridgehead atoms. The Labute approximate surface area is 203 Å². The van der Waals surface area contributed by atoms with Gasteiger partial charge in [0.15, 0.2) is 0 Å². The van der Waals surface area contributed by atoms with Gasteiger partial charge in [0.2, 0.25) is 0 Å². The minimum Gasteiger partial charge on any atom is -0.478 e. The van der Waals surface area contributed by atoms with Gasteiger partial charge >= 0.3 is 5.97 Å². The van der Waals surface area contributed by atoms with Crippen LogP contribution in [0, 0.1) is 5.92 Å². The Morgan fingerprint density at radius 1 is 0.882 bits per heavy atom. The zero-order valence-electron chi connectivity index (χ0n) is 18.7. The van der Waals surface area contributed by atoms with Crippen LogP contribution < -0.4 is 0 Å². The van der Waals surface area contributed by atoms with Crippen LogP contribution in [0.4, 0.5) is 0 Å². The molecule has 1 N–H and O–H groups in total. The third-order valence-electron chi connectivity index (χ3n) is 6.38. The van der Waals surface area contributed by atoms with Crippen LogP contribution in [0.15, 0.2) is 96.6 Å². The first-order valence-electron chi connectivity index (χ1n) is 11.5. The summed E-state index contributed by atoms with van der Waals surface area (Å²) < 4.78 is 0. The number of benzene rings is 3. The Hall–Kier alpha value is -3.76. The summed E-state index contributed by atoms with van der Waals surface area (Å²) in [6.45, 7) is 0. The number of hydrogen-bond donors (Lipinski definition) is 1. The SMILES string of the molecule is O=C(O)C=Cc1ccc(C(=C(c2ccccc2)C2CCC2)c2ccc(-c3cncs3)cc2)cc1.